The molecule has 0 saturated heterocycles. The molecule has 0 spiro atoms. The standard InChI is InChI=1S/C14H21NO3/c1-14(6-7-16-2)9-12(15)11-5-4-10(17-3)8-13(11)18-14/h4-5,8,12H,6-7,9,15H2,1-3H3. The Bertz CT molecular complexity index is 422. The zero-order valence-electron chi connectivity index (χ0n) is 11.2. The molecule has 1 aliphatic heterocycles. The number of nitrogens with two attached hydrogens (primary N) is 1. The van der Waals surface area contributed by atoms with Crippen LogP contribution in [-0.4, -0.2) is 26.4 Å². The molecule has 18 heavy (non-hydrogen) atoms. The Hall–Kier alpha value is -1.26. The first-order chi connectivity index (χ1) is 8.58. The summed E-state index contributed by atoms with van der Waals surface area (Å²) in [4.78, 5) is 0. The minimum absolute atomic E-state index is 0.00140. The number of rotatable bonds is 4. The molecule has 2 unspecified atom stereocenters. The number of ether oxygens (including phenoxy) is 3. The van der Waals surface area contributed by atoms with E-state index in [4.69, 9.17) is 19.9 Å². The highest BCUT2D eigenvalue weighted by Gasteiger charge is 2.35. The van der Waals surface area contributed by atoms with Crippen molar-refractivity contribution < 1.29 is 14.2 Å². The van der Waals surface area contributed by atoms with Gasteiger partial charge in [0.05, 0.1) is 7.11 Å². The van der Waals surface area contributed by atoms with Crippen LogP contribution >= 0.6 is 0 Å². The molecule has 2 rings (SSSR count). The highest BCUT2D eigenvalue weighted by molar-refractivity contribution is 5.44. The van der Waals surface area contributed by atoms with E-state index in [1.807, 2.05) is 18.2 Å². The van der Waals surface area contributed by atoms with Crippen LogP contribution in [0.2, 0.25) is 0 Å². The average Bonchev–Trinajstić information content (AvgIpc) is 2.35. The lowest BCUT2D eigenvalue weighted by Gasteiger charge is -2.38. The van der Waals surface area contributed by atoms with Crippen LogP contribution in [0.25, 0.3) is 0 Å². The molecule has 0 aliphatic carbocycles. The quantitative estimate of drug-likeness (QED) is 0.892. The van der Waals surface area contributed by atoms with Gasteiger partial charge < -0.3 is 19.9 Å². The van der Waals surface area contributed by atoms with E-state index in [9.17, 15) is 0 Å². The lowest BCUT2D eigenvalue weighted by Crippen LogP contribution is -2.41. The zero-order valence-corrected chi connectivity index (χ0v) is 11.2. The molecule has 0 fully saturated rings. The number of fused-ring (bicyclic) bond motifs is 1. The van der Waals surface area contributed by atoms with E-state index in [1.165, 1.54) is 0 Å². The average molecular weight is 251 g/mol. The first kappa shape index (κ1) is 13.2. The third kappa shape index (κ3) is 2.60. The predicted octanol–water partition coefficient (Wildman–Crippen LogP) is 2.27. The number of methoxy groups -OCH3 is 2. The molecule has 2 atom stereocenters. The van der Waals surface area contributed by atoms with E-state index in [2.05, 4.69) is 6.92 Å². The summed E-state index contributed by atoms with van der Waals surface area (Å²) in [6.45, 7) is 2.75. The number of benzene rings is 1. The van der Waals surface area contributed by atoms with Gasteiger partial charge in [0, 0.05) is 44.2 Å². The van der Waals surface area contributed by atoms with Gasteiger partial charge in [-0.05, 0) is 13.0 Å². The normalized spacial score (nSPS) is 26.3. The Kier molecular flexibility index (Phi) is 3.78. The van der Waals surface area contributed by atoms with Crippen LogP contribution in [0.3, 0.4) is 0 Å². The third-order valence-corrected chi connectivity index (χ3v) is 3.46. The maximum Gasteiger partial charge on any atom is 0.128 e. The van der Waals surface area contributed by atoms with Crippen molar-refractivity contribution in [2.75, 3.05) is 20.8 Å². The second kappa shape index (κ2) is 5.16. The third-order valence-electron chi connectivity index (χ3n) is 3.46. The molecule has 0 saturated carbocycles. The molecule has 1 aromatic rings. The van der Waals surface area contributed by atoms with Crippen LogP contribution in [0.5, 0.6) is 11.5 Å². The van der Waals surface area contributed by atoms with Crippen molar-refractivity contribution >= 4 is 0 Å². The van der Waals surface area contributed by atoms with Crippen molar-refractivity contribution in [3.63, 3.8) is 0 Å². The molecule has 0 bridgehead atoms. The Morgan fingerprint density at radius 3 is 2.89 bits per heavy atom. The molecule has 4 nitrogen and oxygen atoms in total. The molecule has 0 amide bonds. The van der Waals surface area contributed by atoms with Gasteiger partial charge in [0.25, 0.3) is 0 Å². The van der Waals surface area contributed by atoms with E-state index >= 15 is 0 Å². The molecule has 1 aromatic carbocycles. The first-order valence-corrected chi connectivity index (χ1v) is 6.19. The van der Waals surface area contributed by atoms with Gasteiger partial charge in [-0.25, -0.2) is 0 Å². The molecule has 100 valence electrons. The van der Waals surface area contributed by atoms with Gasteiger partial charge in [-0.1, -0.05) is 6.07 Å². The smallest absolute Gasteiger partial charge is 0.128 e. The highest BCUT2D eigenvalue weighted by Crippen LogP contribution is 2.41. The fourth-order valence-electron chi connectivity index (χ4n) is 2.39. The summed E-state index contributed by atoms with van der Waals surface area (Å²) in [7, 11) is 3.34. The van der Waals surface area contributed by atoms with Gasteiger partial charge in [-0.3, -0.25) is 0 Å². The molecule has 2 N–H and O–H groups in total. The first-order valence-electron chi connectivity index (χ1n) is 6.19. The van der Waals surface area contributed by atoms with Gasteiger partial charge in [-0.2, -0.15) is 0 Å². The van der Waals surface area contributed by atoms with E-state index in [0.29, 0.717) is 6.61 Å². The fraction of sp³-hybridized carbons (Fsp3) is 0.571. The van der Waals surface area contributed by atoms with Crippen molar-refractivity contribution in [3.05, 3.63) is 23.8 Å². The van der Waals surface area contributed by atoms with Crippen LogP contribution in [0, 0.1) is 0 Å². The van der Waals surface area contributed by atoms with Crippen LogP contribution in [-0.2, 0) is 4.74 Å². The second-order valence-electron chi connectivity index (χ2n) is 5.01. The summed E-state index contributed by atoms with van der Waals surface area (Å²) < 4.78 is 16.4. The predicted molar refractivity (Wildman–Crippen MR) is 70.1 cm³/mol. The Morgan fingerprint density at radius 1 is 1.44 bits per heavy atom. The molecular weight excluding hydrogens is 230 g/mol. The summed E-state index contributed by atoms with van der Waals surface area (Å²) in [5, 5.41) is 0. The topological polar surface area (TPSA) is 53.7 Å². The molecular formula is C14H21NO3. The van der Waals surface area contributed by atoms with Crippen LogP contribution in [0.15, 0.2) is 18.2 Å². The number of hydrogen-bond donors (Lipinski definition) is 1. The summed E-state index contributed by atoms with van der Waals surface area (Å²) in [6.07, 6.45) is 1.63. The van der Waals surface area contributed by atoms with Crippen LogP contribution in [0.4, 0.5) is 0 Å². The minimum atomic E-state index is -0.269. The van der Waals surface area contributed by atoms with Crippen molar-refractivity contribution in [3.8, 4) is 11.5 Å². The van der Waals surface area contributed by atoms with E-state index in [-0.39, 0.29) is 11.6 Å². The molecule has 4 heteroatoms. The SMILES string of the molecule is COCCC1(C)CC(N)c2ccc(OC)cc2O1. The molecule has 0 aromatic heterocycles. The van der Waals surface area contributed by atoms with Gasteiger partial charge in [0.1, 0.15) is 17.1 Å². The van der Waals surface area contributed by atoms with Crippen molar-refractivity contribution in [2.24, 2.45) is 5.73 Å². The van der Waals surface area contributed by atoms with Gasteiger partial charge >= 0.3 is 0 Å². The fourth-order valence-corrected chi connectivity index (χ4v) is 2.39. The Balaban J connectivity index is 2.25. The second-order valence-corrected chi connectivity index (χ2v) is 5.01. The lowest BCUT2D eigenvalue weighted by molar-refractivity contribution is 0.0214. The van der Waals surface area contributed by atoms with Crippen LogP contribution in [0.1, 0.15) is 31.4 Å². The summed E-state index contributed by atoms with van der Waals surface area (Å²) in [5.41, 5.74) is 7.00. The number of hydrogen-bond acceptors (Lipinski definition) is 4. The summed E-state index contributed by atoms with van der Waals surface area (Å²) in [5.74, 6) is 1.61. The largest absolute Gasteiger partial charge is 0.497 e. The van der Waals surface area contributed by atoms with Crippen molar-refractivity contribution in [2.45, 2.75) is 31.4 Å². The van der Waals surface area contributed by atoms with Crippen molar-refractivity contribution in [1.82, 2.24) is 0 Å². The minimum Gasteiger partial charge on any atom is -0.497 e. The van der Waals surface area contributed by atoms with E-state index in [0.717, 1.165) is 29.9 Å². The van der Waals surface area contributed by atoms with Crippen molar-refractivity contribution in [1.29, 1.82) is 0 Å². The van der Waals surface area contributed by atoms with Gasteiger partial charge in [-0.15, -0.1) is 0 Å². The zero-order chi connectivity index (χ0) is 13.2. The monoisotopic (exact) mass is 251 g/mol. The van der Waals surface area contributed by atoms with Gasteiger partial charge in [0.2, 0.25) is 0 Å². The molecule has 1 aliphatic rings. The summed E-state index contributed by atoms with van der Waals surface area (Å²) >= 11 is 0. The molecule has 1 heterocycles. The van der Waals surface area contributed by atoms with E-state index in [1.54, 1.807) is 14.2 Å². The van der Waals surface area contributed by atoms with E-state index < -0.39 is 0 Å². The maximum atomic E-state index is 6.22. The molecule has 0 radical (unpaired) electrons. The highest BCUT2D eigenvalue weighted by atomic mass is 16.5. The summed E-state index contributed by atoms with van der Waals surface area (Å²) in [6, 6.07) is 5.80. The maximum absolute atomic E-state index is 6.22. The Labute approximate surface area is 108 Å². The lowest BCUT2D eigenvalue weighted by atomic mass is 9.87. The Morgan fingerprint density at radius 2 is 2.22 bits per heavy atom. The van der Waals surface area contributed by atoms with Crippen LogP contribution < -0.4 is 15.2 Å². The van der Waals surface area contributed by atoms with Gasteiger partial charge in [0.15, 0.2) is 0 Å².